The summed E-state index contributed by atoms with van der Waals surface area (Å²) in [6.45, 7) is 12.0. The lowest BCUT2D eigenvalue weighted by Crippen LogP contribution is -2.37. The van der Waals surface area contributed by atoms with Crippen LogP contribution in [-0.2, 0) is 11.3 Å². The van der Waals surface area contributed by atoms with Crippen molar-refractivity contribution in [2.45, 2.75) is 46.2 Å². The maximum Gasteiger partial charge on any atom is 0.0775 e. The Morgan fingerprint density at radius 1 is 1.07 bits per heavy atom. The van der Waals surface area contributed by atoms with Gasteiger partial charge in [0.25, 0.3) is 0 Å². The first-order valence-corrected chi connectivity index (χ1v) is 9.10. The number of hydrogen-bond acceptors (Lipinski definition) is 1. The van der Waals surface area contributed by atoms with E-state index >= 15 is 0 Å². The van der Waals surface area contributed by atoms with Crippen LogP contribution in [0.4, 0.5) is 0 Å². The maximum atomic E-state index is 5.56. The highest BCUT2D eigenvalue weighted by atomic mass is 28.3. The molecule has 0 aliphatic heterocycles. The van der Waals surface area contributed by atoms with Crippen molar-refractivity contribution in [1.82, 2.24) is 0 Å². The molecule has 0 aliphatic rings. The average Bonchev–Trinajstić information content (AvgIpc) is 2.14. The van der Waals surface area contributed by atoms with E-state index in [-0.39, 0.29) is 0 Å². The molecule has 84 valence electrons. The lowest BCUT2D eigenvalue weighted by Gasteiger charge is -2.17. The third kappa shape index (κ3) is 4.18. The predicted molar refractivity (Wildman–Crippen MR) is 69.3 cm³/mol. The van der Waals surface area contributed by atoms with E-state index in [4.69, 9.17) is 4.74 Å². The van der Waals surface area contributed by atoms with Gasteiger partial charge in [-0.25, -0.2) is 0 Å². The predicted octanol–water partition coefficient (Wildman–Crippen LogP) is 3.16. The molecule has 0 atom stereocenters. The van der Waals surface area contributed by atoms with Crippen LogP contribution < -0.4 is 5.19 Å². The fraction of sp³-hybridized carbons (Fsp3) is 0.538. The summed E-state index contributed by atoms with van der Waals surface area (Å²) in [5.41, 5.74) is 1.27. The average molecular weight is 222 g/mol. The van der Waals surface area contributed by atoms with Crippen LogP contribution in [0.5, 0.6) is 0 Å². The van der Waals surface area contributed by atoms with Crippen LogP contribution in [0.25, 0.3) is 0 Å². The van der Waals surface area contributed by atoms with Gasteiger partial charge in [-0.05, 0) is 19.4 Å². The summed E-state index contributed by atoms with van der Waals surface area (Å²) in [4.78, 5) is 0. The molecule has 0 spiro atoms. The quantitative estimate of drug-likeness (QED) is 0.711. The van der Waals surface area contributed by atoms with Crippen molar-refractivity contribution in [3.63, 3.8) is 0 Å². The first-order chi connectivity index (χ1) is 6.89. The maximum absolute atomic E-state index is 5.56. The van der Waals surface area contributed by atoms with E-state index in [9.17, 15) is 0 Å². The van der Waals surface area contributed by atoms with Crippen molar-refractivity contribution in [2.24, 2.45) is 0 Å². The summed E-state index contributed by atoms with van der Waals surface area (Å²) in [5.74, 6) is 0. The summed E-state index contributed by atoms with van der Waals surface area (Å²) in [6, 6.07) is 8.89. The molecule has 0 radical (unpaired) electrons. The first kappa shape index (κ1) is 12.5. The molecule has 15 heavy (non-hydrogen) atoms. The SMILES string of the molecule is CC(C)OCc1ccc([Si](C)(C)C)cc1. The lowest BCUT2D eigenvalue weighted by molar-refractivity contribution is 0.0657. The number of hydrogen-bond donors (Lipinski definition) is 0. The molecule has 2 heteroatoms. The molecule has 0 saturated heterocycles. The smallest absolute Gasteiger partial charge is 0.0775 e. The Bertz CT molecular complexity index is 295. The van der Waals surface area contributed by atoms with Crippen molar-refractivity contribution in [1.29, 1.82) is 0 Å². The Morgan fingerprint density at radius 2 is 1.60 bits per heavy atom. The molecular formula is C13H22OSi. The van der Waals surface area contributed by atoms with Gasteiger partial charge in [0.15, 0.2) is 0 Å². The molecule has 0 amide bonds. The molecule has 0 heterocycles. The largest absolute Gasteiger partial charge is 0.374 e. The van der Waals surface area contributed by atoms with Crippen LogP contribution in [0.2, 0.25) is 19.6 Å². The van der Waals surface area contributed by atoms with Gasteiger partial charge in [0.05, 0.1) is 20.8 Å². The van der Waals surface area contributed by atoms with E-state index in [1.807, 2.05) is 0 Å². The summed E-state index contributed by atoms with van der Waals surface area (Å²) < 4.78 is 5.56. The highest BCUT2D eigenvalue weighted by Crippen LogP contribution is 2.06. The van der Waals surface area contributed by atoms with Gasteiger partial charge < -0.3 is 4.74 Å². The van der Waals surface area contributed by atoms with Crippen LogP contribution in [-0.4, -0.2) is 14.2 Å². The molecule has 1 rings (SSSR count). The van der Waals surface area contributed by atoms with Gasteiger partial charge in [-0.2, -0.15) is 0 Å². The molecule has 0 unspecified atom stereocenters. The van der Waals surface area contributed by atoms with E-state index in [1.54, 1.807) is 0 Å². The zero-order valence-electron chi connectivity index (χ0n) is 10.5. The van der Waals surface area contributed by atoms with Crippen LogP contribution in [0, 0.1) is 0 Å². The molecule has 0 saturated carbocycles. The normalized spacial score (nSPS) is 12.1. The van der Waals surface area contributed by atoms with E-state index in [0.717, 1.165) is 6.61 Å². The summed E-state index contributed by atoms with van der Waals surface area (Å²) in [6.07, 6.45) is 0.307. The van der Waals surface area contributed by atoms with Crippen LogP contribution >= 0.6 is 0 Å². The van der Waals surface area contributed by atoms with Crippen molar-refractivity contribution in [2.75, 3.05) is 0 Å². The van der Waals surface area contributed by atoms with Crippen LogP contribution in [0.15, 0.2) is 24.3 Å². The molecule has 0 fully saturated rings. The summed E-state index contributed by atoms with van der Waals surface area (Å²) >= 11 is 0. The molecule has 0 bridgehead atoms. The minimum atomic E-state index is -1.14. The highest BCUT2D eigenvalue weighted by Gasteiger charge is 2.15. The number of benzene rings is 1. The Labute approximate surface area is 94.5 Å². The van der Waals surface area contributed by atoms with Crippen LogP contribution in [0.1, 0.15) is 19.4 Å². The fourth-order valence-corrected chi connectivity index (χ4v) is 2.53. The van der Waals surface area contributed by atoms with E-state index in [1.165, 1.54) is 10.8 Å². The van der Waals surface area contributed by atoms with Crippen LogP contribution in [0.3, 0.4) is 0 Å². The molecule has 0 N–H and O–H groups in total. The lowest BCUT2D eigenvalue weighted by atomic mass is 10.2. The molecule has 0 aliphatic carbocycles. The molecular weight excluding hydrogens is 200 g/mol. The van der Waals surface area contributed by atoms with Gasteiger partial charge in [-0.1, -0.05) is 49.1 Å². The molecule has 1 nitrogen and oxygen atoms in total. The third-order valence-corrected chi connectivity index (χ3v) is 4.47. The van der Waals surface area contributed by atoms with Gasteiger partial charge in [0.1, 0.15) is 0 Å². The van der Waals surface area contributed by atoms with E-state index < -0.39 is 8.07 Å². The Balaban J connectivity index is 2.65. The van der Waals surface area contributed by atoms with Gasteiger partial charge in [0, 0.05) is 0 Å². The summed E-state index contributed by atoms with van der Waals surface area (Å²) in [7, 11) is -1.14. The van der Waals surface area contributed by atoms with E-state index in [2.05, 4.69) is 57.8 Å². The monoisotopic (exact) mass is 222 g/mol. The topological polar surface area (TPSA) is 9.23 Å². The first-order valence-electron chi connectivity index (χ1n) is 5.60. The molecule has 1 aromatic carbocycles. The standard InChI is InChI=1S/C13H22OSi/c1-11(2)14-10-12-6-8-13(9-7-12)15(3,4)5/h6-9,11H,10H2,1-5H3. The number of ether oxygens (including phenoxy) is 1. The highest BCUT2D eigenvalue weighted by molar-refractivity contribution is 6.88. The second-order valence-corrected chi connectivity index (χ2v) is 10.4. The van der Waals surface area contributed by atoms with E-state index in [0.29, 0.717) is 6.10 Å². The van der Waals surface area contributed by atoms with Crippen molar-refractivity contribution >= 4 is 13.3 Å². The zero-order chi connectivity index (χ0) is 11.5. The Morgan fingerprint density at radius 3 is 2.00 bits per heavy atom. The Kier molecular flexibility index (Phi) is 4.11. The molecule has 0 aromatic heterocycles. The third-order valence-electron chi connectivity index (χ3n) is 2.40. The summed E-state index contributed by atoms with van der Waals surface area (Å²) in [5, 5.41) is 1.51. The zero-order valence-corrected chi connectivity index (χ0v) is 11.5. The van der Waals surface area contributed by atoms with Crippen molar-refractivity contribution in [3.8, 4) is 0 Å². The molecule has 1 aromatic rings. The van der Waals surface area contributed by atoms with Gasteiger partial charge in [-0.15, -0.1) is 0 Å². The fourth-order valence-electron chi connectivity index (χ4n) is 1.36. The van der Waals surface area contributed by atoms with Gasteiger partial charge >= 0.3 is 0 Å². The van der Waals surface area contributed by atoms with Crippen molar-refractivity contribution < 1.29 is 4.74 Å². The number of rotatable bonds is 4. The van der Waals surface area contributed by atoms with Gasteiger partial charge in [-0.3, -0.25) is 0 Å². The van der Waals surface area contributed by atoms with Crippen molar-refractivity contribution in [3.05, 3.63) is 29.8 Å². The van der Waals surface area contributed by atoms with Gasteiger partial charge in [0.2, 0.25) is 0 Å². The minimum Gasteiger partial charge on any atom is -0.374 e. The Hall–Kier alpha value is -0.603. The second-order valence-electron chi connectivity index (χ2n) is 5.31. The minimum absolute atomic E-state index is 0.307. The second kappa shape index (κ2) is 4.95.